The minimum atomic E-state index is -4.73. The molecule has 2 aliphatic rings. The van der Waals surface area contributed by atoms with Gasteiger partial charge in [0.25, 0.3) is 27.7 Å². The highest BCUT2D eigenvalue weighted by molar-refractivity contribution is 7.90. The molecule has 18 heteroatoms. The van der Waals surface area contributed by atoms with Crippen LogP contribution in [-0.2, 0) is 25.8 Å². The molecule has 2 aliphatic heterocycles. The number of carbonyl (C=O) groups is 3. The topological polar surface area (TPSA) is 169 Å². The van der Waals surface area contributed by atoms with E-state index in [-0.39, 0.29) is 45.3 Å². The van der Waals surface area contributed by atoms with Gasteiger partial charge in [0.1, 0.15) is 0 Å². The van der Waals surface area contributed by atoms with E-state index in [4.69, 9.17) is 4.84 Å². The second kappa shape index (κ2) is 12.7. The van der Waals surface area contributed by atoms with Crippen molar-refractivity contribution < 1.29 is 45.8 Å². The van der Waals surface area contributed by atoms with Crippen LogP contribution in [0, 0.1) is 12.1 Å². The standard InChI is InChI=1S/C31H26F3N7O7S/c1-19-8-10-20(11-9-19)26-17-27(31(32,33)34)35-40(26)21-12-14-22(15-13-21)49(46,47)36-28(42)25-7-4-16-39(25)41(45)37-48-18-38-29(43)23-5-2-3-6-24(23)30(38)44/h2-3,5-6,8-15,17,25H,4,7,16,18H2,1H3,(H,36,42)/b41-37+/t25-/m0/s1. The first-order chi connectivity index (χ1) is 23.2. The number of hydrazine groups is 1. The number of hydrogen-bond donors (Lipinski definition) is 1. The number of amides is 3. The maximum atomic E-state index is 13.6. The maximum absolute atomic E-state index is 13.6. The molecule has 3 amide bonds. The maximum Gasteiger partial charge on any atom is 0.435 e. The van der Waals surface area contributed by atoms with Crippen molar-refractivity contribution in [1.29, 1.82) is 0 Å². The Hall–Kier alpha value is -5.78. The molecule has 1 saturated heterocycles. The number of hydrogen-bond acceptors (Lipinski definition) is 9. The van der Waals surface area contributed by atoms with Crippen molar-refractivity contribution in [2.24, 2.45) is 5.28 Å². The fourth-order valence-corrected chi connectivity index (χ4v) is 6.44. The van der Waals surface area contributed by atoms with Crippen molar-refractivity contribution >= 4 is 27.7 Å². The minimum Gasteiger partial charge on any atom is -0.569 e. The molecule has 0 saturated carbocycles. The number of aryl methyl sites for hydroxylation is 1. The Balaban J connectivity index is 1.13. The highest BCUT2D eigenvalue weighted by Crippen LogP contribution is 2.33. The molecule has 1 aromatic heterocycles. The van der Waals surface area contributed by atoms with Crippen molar-refractivity contribution in [3.05, 3.63) is 106 Å². The summed E-state index contributed by atoms with van der Waals surface area (Å²) in [5, 5.41) is 20.6. The molecule has 49 heavy (non-hydrogen) atoms. The highest BCUT2D eigenvalue weighted by atomic mass is 32.2. The van der Waals surface area contributed by atoms with Crippen molar-refractivity contribution in [3.63, 3.8) is 0 Å². The number of rotatable bonds is 9. The largest absolute Gasteiger partial charge is 0.569 e. The fourth-order valence-electron chi connectivity index (χ4n) is 5.43. The van der Waals surface area contributed by atoms with Gasteiger partial charge in [-0.3, -0.25) is 14.4 Å². The van der Waals surface area contributed by atoms with Gasteiger partial charge in [-0.2, -0.15) is 18.3 Å². The van der Waals surface area contributed by atoms with E-state index < -0.39 is 52.4 Å². The van der Waals surface area contributed by atoms with Crippen LogP contribution in [0.2, 0.25) is 0 Å². The quantitative estimate of drug-likeness (QED) is 0.117. The Morgan fingerprint density at radius 2 is 1.67 bits per heavy atom. The number of benzene rings is 3. The van der Waals surface area contributed by atoms with Gasteiger partial charge < -0.3 is 10.0 Å². The zero-order valence-corrected chi connectivity index (χ0v) is 26.3. The number of halogens is 3. The molecule has 1 atom stereocenters. The summed E-state index contributed by atoms with van der Waals surface area (Å²) in [6.45, 7) is 1.17. The van der Waals surface area contributed by atoms with E-state index in [9.17, 15) is 41.2 Å². The number of fused-ring (bicyclic) bond motifs is 1. The van der Waals surface area contributed by atoms with Crippen molar-refractivity contribution in [2.45, 2.75) is 36.9 Å². The van der Waals surface area contributed by atoms with Gasteiger partial charge in [-0.25, -0.2) is 22.7 Å². The van der Waals surface area contributed by atoms with E-state index in [0.717, 1.165) is 38.4 Å². The number of sulfonamides is 1. The Labute approximate surface area is 276 Å². The third kappa shape index (κ3) is 6.54. The first kappa shape index (κ1) is 33.1. The number of nitrogens with zero attached hydrogens (tertiary/aromatic N) is 6. The number of nitrogens with one attached hydrogen (secondary N) is 1. The summed E-state index contributed by atoms with van der Waals surface area (Å²) >= 11 is 0. The average Bonchev–Trinajstić information content (AvgIpc) is 3.80. The van der Waals surface area contributed by atoms with Crippen LogP contribution >= 0.6 is 0 Å². The van der Waals surface area contributed by atoms with Crippen LogP contribution in [0.5, 0.6) is 0 Å². The zero-order chi connectivity index (χ0) is 35.1. The average molecular weight is 698 g/mol. The van der Waals surface area contributed by atoms with Crippen LogP contribution in [0.1, 0.15) is 44.8 Å². The molecule has 3 aromatic carbocycles. The van der Waals surface area contributed by atoms with E-state index in [2.05, 4.69) is 10.4 Å². The van der Waals surface area contributed by atoms with Crippen molar-refractivity contribution in [2.75, 3.05) is 13.3 Å². The van der Waals surface area contributed by atoms with E-state index >= 15 is 0 Å². The van der Waals surface area contributed by atoms with Crippen LogP contribution in [0.15, 0.2) is 89.0 Å². The first-order valence-corrected chi connectivity index (χ1v) is 16.2. The third-order valence-corrected chi connectivity index (χ3v) is 9.28. The molecule has 14 nitrogen and oxygen atoms in total. The lowest BCUT2D eigenvalue weighted by Gasteiger charge is -2.19. The molecule has 0 bridgehead atoms. The number of aromatic nitrogens is 2. The van der Waals surface area contributed by atoms with Gasteiger partial charge in [0.2, 0.25) is 12.0 Å². The van der Waals surface area contributed by atoms with Crippen LogP contribution < -0.4 is 4.72 Å². The van der Waals surface area contributed by atoms with Crippen molar-refractivity contribution in [1.82, 2.24) is 24.4 Å². The molecule has 0 radical (unpaired) electrons. The minimum absolute atomic E-state index is 0.0172. The van der Waals surface area contributed by atoms with E-state index in [0.29, 0.717) is 12.0 Å². The molecule has 254 valence electrons. The molecular weight excluding hydrogens is 671 g/mol. The second-order valence-corrected chi connectivity index (χ2v) is 12.8. The summed E-state index contributed by atoms with van der Waals surface area (Å²) < 4.78 is 69.9. The molecule has 3 heterocycles. The van der Waals surface area contributed by atoms with Crippen LogP contribution in [0.25, 0.3) is 16.9 Å². The number of alkyl halides is 3. The Bertz CT molecular complexity index is 2050. The number of imide groups is 1. The van der Waals surface area contributed by atoms with Gasteiger partial charge in [0.05, 0.1) is 38.9 Å². The van der Waals surface area contributed by atoms with Crippen LogP contribution in [-0.4, -0.2) is 70.1 Å². The predicted molar refractivity (Wildman–Crippen MR) is 163 cm³/mol. The van der Waals surface area contributed by atoms with E-state index in [1.165, 1.54) is 24.3 Å². The SMILES string of the molecule is Cc1ccc(-c2cc(C(F)(F)F)nn2-c2ccc(S(=O)(=O)NC(=O)[C@@H]3CCCN3/[N+]([O-])=N\OCN3C(=O)c4ccccc4C3=O)cc2)cc1. The smallest absolute Gasteiger partial charge is 0.435 e. The molecule has 0 unspecified atom stereocenters. The lowest BCUT2D eigenvalue weighted by molar-refractivity contribution is -0.712. The molecule has 1 fully saturated rings. The summed E-state index contributed by atoms with van der Waals surface area (Å²) in [5.41, 5.74) is 0.805. The Morgan fingerprint density at radius 3 is 2.29 bits per heavy atom. The third-order valence-electron chi connectivity index (χ3n) is 7.91. The second-order valence-electron chi connectivity index (χ2n) is 11.2. The Kier molecular flexibility index (Phi) is 8.57. The molecule has 4 aromatic rings. The van der Waals surface area contributed by atoms with Gasteiger partial charge in [0.15, 0.2) is 11.7 Å². The molecule has 0 aliphatic carbocycles. The molecule has 6 rings (SSSR count). The lowest BCUT2D eigenvalue weighted by Crippen LogP contribution is -2.47. The van der Waals surface area contributed by atoms with Gasteiger partial charge >= 0.3 is 6.18 Å². The highest BCUT2D eigenvalue weighted by Gasteiger charge is 2.40. The normalized spacial score (nSPS) is 16.7. The summed E-state index contributed by atoms with van der Waals surface area (Å²) in [6, 6.07) is 17.2. The summed E-state index contributed by atoms with van der Waals surface area (Å²) in [5.74, 6) is -2.30. The zero-order valence-electron chi connectivity index (χ0n) is 25.5. The van der Waals surface area contributed by atoms with Crippen LogP contribution in [0.4, 0.5) is 13.2 Å². The fraction of sp³-hybridized carbons (Fsp3) is 0.226. The molecule has 0 spiro atoms. The van der Waals surface area contributed by atoms with Crippen LogP contribution in [0.3, 0.4) is 0 Å². The monoisotopic (exact) mass is 697 g/mol. The summed E-state index contributed by atoms with van der Waals surface area (Å²) in [7, 11) is -4.50. The molecular formula is C31H26F3N7O7S. The Morgan fingerprint density at radius 1 is 1.04 bits per heavy atom. The van der Waals surface area contributed by atoms with Gasteiger partial charge in [-0.1, -0.05) is 42.0 Å². The van der Waals surface area contributed by atoms with E-state index in [1.807, 2.05) is 11.6 Å². The lowest BCUT2D eigenvalue weighted by atomic mass is 10.1. The summed E-state index contributed by atoms with van der Waals surface area (Å²) in [6.07, 6.45) is -4.31. The predicted octanol–water partition coefficient (Wildman–Crippen LogP) is 4.20. The van der Waals surface area contributed by atoms with Gasteiger partial charge in [0, 0.05) is 5.56 Å². The van der Waals surface area contributed by atoms with Gasteiger partial charge in [-0.15, -0.1) is 5.01 Å². The summed E-state index contributed by atoms with van der Waals surface area (Å²) in [4.78, 5) is 43.2. The van der Waals surface area contributed by atoms with E-state index in [1.54, 1.807) is 36.4 Å². The van der Waals surface area contributed by atoms with Gasteiger partial charge in [-0.05, 0) is 62.2 Å². The first-order valence-electron chi connectivity index (χ1n) is 14.7. The van der Waals surface area contributed by atoms with Crippen molar-refractivity contribution in [3.8, 4) is 16.9 Å². The molecule has 1 N–H and O–H groups in total. The number of carbonyl (C=O) groups excluding carboxylic acids is 3.